The number of aliphatic hydroxyl groups is 1. The highest BCUT2D eigenvalue weighted by Gasteiger charge is 2.73. The third-order valence-corrected chi connectivity index (χ3v) is 10.7. The molecule has 5 bridgehead atoms. The Hall–Kier alpha value is -4.48. The van der Waals surface area contributed by atoms with Crippen molar-refractivity contribution in [1.82, 2.24) is 10.2 Å². The molecule has 2 fully saturated rings. The molecular weight excluding hydrogens is 648 g/mol. The molecule has 0 aromatic heterocycles. The molecule has 2 aromatic rings. The zero-order valence-corrected chi connectivity index (χ0v) is 29.6. The topological polar surface area (TPSA) is 129 Å². The van der Waals surface area contributed by atoms with E-state index in [4.69, 9.17) is 9.47 Å². The Bertz CT molecular complexity index is 1610. The molecule has 4 heterocycles. The van der Waals surface area contributed by atoms with Gasteiger partial charge in [-0.1, -0.05) is 67.5 Å². The minimum absolute atomic E-state index is 0.0610. The second kappa shape index (κ2) is 16.2. The van der Waals surface area contributed by atoms with Crippen LogP contribution in [0.1, 0.15) is 64.0 Å². The number of hydrogen-bond donors (Lipinski definition) is 2. The number of benzene rings is 2. The van der Waals surface area contributed by atoms with Crippen LogP contribution in [0.2, 0.25) is 0 Å². The number of ether oxygens (including phenoxy) is 2. The Balaban J connectivity index is 1.39. The third-order valence-electron chi connectivity index (χ3n) is 10.7. The predicted molar refractivity (Wildman–Crippen MR) is 194 cm³/mol. The molecule has 1 spiro atoms. The van der Waals surface area contributed by atoms with Gasteiger partial charge in [-0.2, -0.15) is 0 Å². The number of esters is 1. The average Bonchev–Trinajstić information content (AvgIpc) is 3.79. The summed E-state index contributed by atoms with van der Waals surface area (Å²) in [5, 5.41) is 12.4. The number of likely N-dealkylation sites (tertiary alicyclic amines) is 1. The number of aliphatic hydroxyl groups excluding tert-OH is 1. The van der Waals surface area contributed by atoms with E-state index < -0.39 is 41.6 Å². The number of nitrogens with one attached hydrogen (secondary N) is 1. The molecule has 2 saturated heterocycles. The van der Waals surface area contributed by atoms with Crippen molar-refractivity contribution in [1.29, 1.82) is 0 Å². The molecular formula is C40H50N4O7. The maximum absolute atomic E-state index is 15.1. The van der Waals surface area contributed by atoms with E-state index >= 15 is 4.79 Å². The molecule has 11 nitrogen and oxygen atoms in total. The van der Waals surface area contributed by atoms with Gasteiger partial charge in [0.2, 0.25) is 11.8 Å². The van der Waals surface area contributed by atoms with Crippen molar-refractivity contribution in [2.24, 2.45) is 11.8 Å². The fourth-order valence-corrected chi connectivity index (χ4v) is 8.06. The zero-order valence-electron chi connectivity index (χ0n) is 29.6. The minimum atomic E-state index is -1.32. The van der Waals surface area contributed by atoms with Crippen molar-refractivity contribution >= 4 is 35.1 Å². The van der Waals surface area contributed by atoms with Gasteiger partial charge in [0.25, 0.3) is 5.91 Å². The first-order valence-corrected chi connectivity index (χ1v) is 18.4. The first kappa shape index (κ1) is 36.3. The molecule has 0 aliphatic carbocycles. The highest BCUT2D eigenvalue weighted by Crippen LogP contribution is 2.55. The second-order valence-electron chi connectivity index (χ2n) is 13.7. The smallest absolute Gasteiger partial charge is 0.306 e. The Morgan fingerprint density at radius 1 is 0.922 bits per heavy atom. The highest BCUT2D eigenvalue weighted by atomic mass is 16.5. The van der Waals surface area contributed by atoms with Crippen LogP contribution in [0.4, 0.5) is 11.4 Å². The van der Waals surface area contributed by atoms with Crippen LogP contribution >= 0.6 is 0 Å². The van der Waals surface area contributed by atoms with Crippen molar-refractivity contribution in [3.05, 3.63) is 84.5 Å². The lowest BCUT2D eigenvalue weighted by molar-refractivity contribution is -0.145. The van der Waals surface area contributed by atoms with Gasteiger partial charge in [-0.15, -0.1) is 0 Å². The van der Waals surface area contributed by atoms with E-state index in [0.29, 0.717) is 31.5 Å². The summed E-state index contributed by atoms with van der Waals surface area (Å²) in [5.74, 6) is -3.14. The molecule has 6 atom stereocenters. The standard InChI is InChI=1S/C40H50N4O7/c1-3-42(4-2)29-18-20-30(21-19-29)43-24-13-8-11-17-33(46)50-27-31(28-15-9-7-10-16-28)41-37(47)34-32-22-23-40(51-32)35(34)38(48)44(36(40)39(43)49)25-12-5-6-14-26-45/h7-10,13,15-16,18-23,31-32,34-36,45H,3-6,11-12,14,17,24-27H2,1-2H3,(H,41,47)/b13-8-/t31-,32-,34+,35+,36-,40+/m0/s1. The van der Waals surface area contributed by atoms with Crippen LogP contribution in [0.15, 0.2) is 78.9 Å². The first-order chi connectivity index (χ1) is 24.8. The lowest BCUT2D eigenvalue weighted by Crippen LogP contribution is -2.56. The van der Waals surface area contributed by atoms with E-state index in [2.05, 4.69) is 24.1 Å². The number of allylic oxidation sites excluding steroid dienone is 1. The van der Waals surface area contributed by atoms with Crippen molar-refractivity contribution in [2.75, 3.05) is 49.2 Å². The number of hydrogen-bond acceptors (Lipinski definition) is 8. The Morgan fingerprint density at radius 3 is 2.39 bits per heavy atom. The zero-order chi connectivity index (χ0) is 36.0. The fraction of sp³-hybridized carbons (Fsp3) is 0.500. The van der Waals surface area contributed by atoms with Gasteiger partial charge in [-0.3, -0.25) is 19.2 Å². The Morgan fingerprint density at radius 2 is 1.67 bits per heavy atom. The molecule has 6 rings (SSSR count). The lowest BCUT2D eigenvalue weighted by atomic mass is 9.74. The van der Waals surface area contributed by atoms with Gasteiger partial charge >= 0.3 is 5.97 Å². The van der Waals surface area contributed by atoms with Crippen LogP contribution in [0.3, 0.4) is 0 Å². The molecule has 0 saturated carbocycles. The van der Waals surface area contributed by atoms with Crippen molar-refractivity contribution < 1.29 is 33.8 Å². The number of nitrogens with zero attached hydrogens (tertiary/aromatic N) is 3. The monoisotopic (exact) mass is 698 g/mol. The molecule has 4 aliphatic rings. The van der Waals surface area contributed by atoms with E-state index in [-0.39, 0.29) is 43.9 Å². The Kier molecular flexibility index (Phi) is 11.6. The summed E-state index contributed by atoms with van der Waals surface area (Å²) >= 11 is 0. The number of fused-ring (bicyclic) bond motifs is 2. The number of carbonyl (C=O) groups excluding carboxylic acids is 4. The molecule has 272 valence electrons. The summed E-state index contributed by atoms with van der Waals surface area (Å²) in [4.78, 5) is 62.3. The highest BCUT2D eigenvalue weighted by molar-refractivity contribution is 6.05. The van der Waals surface area contributed by atoms with E-state index in [1.807, 2.05) is 78.9 Å². The quantitative estimate of drug-likeness (QED) is 0.202. The molecule has 11 heteroatoms. The van der Waals surface area contributed by atoms with Gasteiger partial charge < -0.3 is 34.6 Å². The Labute approximate surface area is 300 Å². The third kappa shape index (κ3) is 7.32. The van der Waals surface area contributed by atoms with Crippen molar-refractivity contribution in [2.45, 2.75) is 76.2 Å². The van der Waals surface area contributed by atoms with E-state index in [9.17, 15) is 19.5 Å². The second-order valence-corrected chi connectivity index (χ2v) is 13.7. The fourth-order valence-electron chi connectivity index (χ4n) is 8.06. The normalized spacial score (nSPS) is 28.5. The van der Waals surface area contributed by atoms with Crippen LogP contribution in [0.25, 0.3) is 0 Å². The average molecular weight is 699 g/mol. The van der Waals surface area contributed by atoms with E-state index in [1.54, 1.807) is 9.80 Å². The summed E-state index contributed by atoms with van der Waals surface area (Å²) in [7, 11) is 0. The van der Waals surface area contributed by atoms with Crippen LogP contribution in [0, 0.1) is 11.8 Å². The molecule has 4 aliphatic heterocycles. The SMILES string of the molecule is CCN(CC)c1ccc(N2C/C=C\CCC(=O)OC[C@@H](c3ccccc3)NC(=O)[C@@H]3[C@@H]4C=C[C@]5(O4)[C@H](C2=O)N(CCCCCCO)C(=O)[C@@H]35)cc1. The first-order valence-electron chi connectivity index (χ1n) is 18.4. The van der Waals surface area contributed by atoms with Gasteiger partial charge in [-0.25, -0.2) is 0 Å². The number of rotatable bonds is 11. The summed E-state index contributed by atoms with van der Waals surface area (Å²) in [6.45, 7) is 6.45. The van der Waals surface area contributed by atoms with Crippen molar-refractivity contribution in [3.63, 3.8) is 0 Å². The number of cyclic esters (lactones) is 1. The van der Waals surface area contributed by atoms with Gasteiger partial charge in [-0.05, 0) is 62.9 Å². The van der Waals surface area contributed by atoms with Crippen molar-refractivity contribution in [3.8, 4) is 0 Å². The maximum atomic E-state index is 15.1. The van der Waals surface area contributed by atoms with Crippen LogP contribution in [-0.4, -0.2) is 90.8 Å². The van der Waals surface area contributed by atoms with Gasteiger partial charge in [0.15, 0.2) is 0 Å². The van der Waals surface area contributed by atoms with Gasteiger partial charge in [0.05, 0.1) is 24.0 Å². The summed E-state index contributed by atoms with van der Waals surface area (Å²) in [5.41, 5.74) is 1.16. The summed E-state index contributed by atoms with van der Waals surface area (Å²) in [6, 6.07) is 15.5. The predicted octanol–water partition coefficient (Wildman–Crippen LogP) is 4.32. The number of unbranched alkanes of at least 4 members (excludes halogenated alkanes) is 3. The van der Waals surface area contributed by atoms with Crippen LogP contribution < -0.4 is 15.1 Å². The molecule has 3 amide bonds. The minimum Gasteiger partial charge on any atom is -0.463 e. The lowest BCUT2D eigenvalue weighted by Gasteiger charge is -2.36. The van der Waals surface area contributed by atoms with Crippen LogP contribution in [0.5, 0.6) is 0 Å². The molecule has 51 heavy (non-hydrogen) atoms. The number of carbonyl (C=O) groups is 4. The van der Waals surface area contributed by atoms with Gasteiger partial charge in [0, 0.05) is 50.6 Å². The number of amides is 3. The summed E-state index contributed by atoms with van der Waals surface area (Å²) < 4.78 is 12.3. The van der Waals surface area contributed by atoms with Gasteiger partial charge in [0.1, 0.15) is 18.2 Å². The van der Waals surface area contributed by atoms with E-state index in [1.165, 1.54) is 0 Å². The summed E-state index contributed by atoms with van der Waals surface area (Å²) in [6.07, 6.45) is 10.1. The molecule has 2 N–H and O–H groups in total. The molecule has 2 aromatic carbocycles. The number of anilines is 2. The van der Waals surface area contributed by atoms with E-state index in [0.717, 1.165) is 37.2 Å². The molecule has 0 radical (unpaired) electrons. The molecule has 0 unspecified atom stereocenters. The maximum Gasteiger partial charge on any atom is 0.306 e. The largest absolute Gasteiger partial charge is 0.463 e. The van der Waals surface area contributed by atoms with Crippen LogP contribution in [-0.2, 0) is 28.7 Å².